The molecule has 0 bridgehead atoms. The fraction of sp³-hybridized carbons (Fsp3) is 0.500. The van der Waals surface area contributed by atoms with Gasteiger partial charge in [0.1, 0.15) is 17.3 Å². The van der Waals surface area contributed by atoms with E-state index in [0.717, 1.165) is 49.0 Å². The lowest BCUT2D eigenvalue weighted by molar-refractivity contribution is -0.141. The first kappa shape index (κ1) is 27.6. The van der Waals surface area contributed by atoms with Gasteiger partial charge in [-0.05, 0) is 69.6 Å². The van der Waals surface area contributed by atoms with Crippen LogP contribution in [0.2, 0.25) is 0 Å². The highest BCUT2D eigenvalue weighted by Gasteiger charge is 2.40. The predicted octanol–water partition coefficient (Wildman–Crippen LogP) is 5.30. The van der Waals surface area contributed by atoms with Crippen LogP contribution in [0.4, 0.5) is 10.9 Å². The third-order valence-electron chi connectivity index (χ3n) is 8.07. The third kappa shape index (κ3) is 6.06. The molecule has 3 fully saturated rings. The second kappa shape index (κ2) is 11.7. The molecule has 3 aromatic rings. The first-order chi connectivity index (χ1) is 19.9. The number of aliphatic carboxylic acids is 1. The van der Waals surface area contributed by atoms with Crippen molar-refractivity contribution in [2.24, 2.45) is 11.8 Å². The second-order valence-electron chi connectivity index (χ2n) is 11.2. The molecule has 11 heteroatoms. The molecule has 3 aromatic heterocycles. The van der Waals surface area contributed by atoms with Gasteiger partial charge in [-0.3, -0.25) is 24.2 Å². The largest absolute Gasteiger partial charge is 0.481 e. The van der Waals surface area contributed by atoms with Crippen molar-refractivity contribution in [1.82, 2.24) is 9.97 Å². The number of hydrogen-bond donors (Lipinski definition) is 1. The lowest BCUT2D eigenvalue weighted by Gasteiger charge is -2.29. The van der Waals surface area contributed by atoms with E-state index in [1.165, 1.54) is 11.3 Å². The predicted molar refractivity (Wildman–Crippen MR) is 154 cm³/mol. The van der Waals surface area contributed by atoms with Crippen LogP contribution in [0.1, 0.15) is 57.1 Å². The molecular weight excluding hydrogens is 544 g/mol. The van der Waals surface area contributed by atoms with Gasteiger partial charge in [0, 0.05) is 60.8 Å². The van der Waals surface area contributed by atoms with Crippen LogP contribution in [0.5, 0.6) is 0 Å². The molecule has 10 nitrogen and oxygen atoms in total. The van der Waals surface area contributed by atoms with E-state index in [2.05, 4.69) is 4.98 Å². The normalized spacial score (nSPS) is 18.6. The van der Waals surface area contributed by atoms with Crippen molar-refractivity contribution in [2.75, 3.05) is 29.6 Å². The Bertz CT molecular complexity index is 1420. The maximum Gasteiger partial charge on any atom is 0.304 e. The summed E-state index contributed by atoms with van der Waals surface area (Å²) < 4.78 is 11.5. The number of rotatable bonds is 10. The highest BCUT2D eigenvalue weighted by Crippen LogP contribution is 2.41. The van der Waals surface area contributed by atoms with Crippen molar-refractivity contribution in [3.63, 3.8) is 0 Å². The summed E-state index contributed by atoms with van der Waals surface area (Å²) in [5.74, 6) is 0.637. The van der Waals surface area contributed by atoms with Crippen molar-refractivity contribution in [3.8, 4) is 22.6 Å². The topological polar surface area (TPSA) is 126 Å². The van der Waals surface area contributed by atoms with Gasteiger partial charge in [0.2, 0.25) is 11.8 Å². The molecule has 2 amide bonds. The van der Waals surface area contributed by atoms with Crippen molar-refractivity contribution in [1.29, 1.82) is 0 Å². The molecule has 216 valence electrons. The minimum atomic E-state index is -0.960. The molecule has 41 heavy (non-hydrogen) atoms. The molecule has 1 aliphatic carbocycles. The quantitative estimate of drug-likeness (QED) is 0.343. The number of aryl methyl sites for hydroxylation is 1. The number of pyridine rings is 1. The second-order valence-corrected chi connectivity index (χ2v) is 12.0. The van der Waals surface area contributed by atoms with E-state index in [1.54, 1.807) is 16.0 Å². The summed E-state index contributed by atoms with van der Waals surface area (Å²) in [6.07, 6.45) is 6.91. The average molecular weight is 579 g/mol. The van der Waals surface area contributed by atoms with Crippen molar-refractivity contribution < 1.29 is 28.6 Å². The van der Waals surface area contributed by atoms with Crippen LogP contribution in [-0.4, -0.2) is 58.7 Å². The minimum Gasteiger partial charge on any atom is -0.481 e. The monoisotopic (exact) mass is 578 g/mol. The Morgan fingerprint density at radius 3 is 2.68 bits per heavy atom. The average Bonchev–Trinajstić information content (AvgIpc) is 3.31. The molecule has 0 unspecified atom stereocenters. The Morgan fingerprint density at radius 1 is 1.22 bits per heavy atom. The molecular formula is C30H34N4O6S. The number of aromatic nitrogens is 2. The lowest BCUT2D eigenvalue weighted by atomic mass is 9.86. The van der Waals surface area contributed by atoms with E-state index in [9.17, 15) is 19.5 Å². The van der Waals surface area contributed by atoms with Crippen LogP contribution >= 0.6 is 11.3 Å². The van der Waals surface area contributed by atoms with E-state index in [0.29, 0.717) is 55.0 Å². The van der Waals surface area contributed by atoms with Crippen LogP contribution in [-0.2, 0) is 19.1 Å². The van der Waals surface area contributed by atoms with Crippen LogP contribution in [0, 0.1) is 18.8 Å². The summed E-state index contributed by atoms with van der Waals surface area (Å²) >= 11 is 1.39. The number of amides is 2. The van der Waals surface area contributed by atoms with Crippen molar-refractivity contribution in [2.45, 2.75) is 64.3 Å². The molecule has 2 aliphatic heterocycles. The molecule has 0 spiro atoms. The van der Waals surface area contributed by atoms with E-state index in [1.807, 2.05) is 30.5 Å². The van der Waals surface area contributed by atoms with Crippen LogP contribution < -0.4 is 9.80 Å². The SMILES string of the molecule is Cc1cc(-c2csc(N(C(=O)[C@@H](CC(=O)O)CC3CCOCC3)C3CC3)n2)c(-c2ccc(N3CCCC3=O)nc2)o1. The molecule has 0 aromatic carbocycles. The van der Waals surface area contributed by atoms with Crippen molar-refractivity contribution in [3.05, 3.63) is 35.5 Å². The Hall–Kier alpha value is -3.57. The summed E-state index contributed by atoms with van der Waals surface area (Å²) in [4.78, 5) is 50.6. The van der Waals surface area contributed by atoms with E-state index < -0.39 is 11.9 Å². The fourth-order valence-electron chi connectivity index (χ4n) is 5.81. The van der Waals surface area contributed by atoms with Gasteiger partial charge in [-0.2, -0.15) is 0 Å². The van der Waals surface area contributed by atoms with E-state index in [4.69, 9.17) is 14.1 Å². The zero-order valence-corrected chi connectivity index (χ0v) is 23.9. The van der Waals surface area contributed by atoms with E-state index >= 15 is 0 Å². The first-order valence-electron chi connectivity index (χ1n) is 14.3. The standard InChI is InChI=1S/C30H34N4O6S/c1-18-13-23(28(40-18)20-4-7-25(31-16-20)33-10-2-3-26(33)35)24-17-41-30(32-24)34(22-5-6-22)29(38)21(15-27(36)37)14-19-8-11-39-12-9-19/h4,7,13,16-17,19,21-22H,2-3,5-6,8-12,14-15H2,1H3,(H,36,37)/t21-/m1/s1. The zero-order valence-electron chi connectivity index (χ0n) is 23.1. The summed E-state index contributed by atoms with van der Waals surface area (Å²) in [6.45, 7) is 3.86. The number of carboxylic acid groups (broad SMARTS) is 1. The van der Waals surface area contributed by atoms with Gasteiger partial charge in [0.15, 0.2) is 5.13 Å². The van der Waals surface area contributed by atoms with Gasteiger partial charge >= 0.3 is 5.97 Å². The van der Waals surface area contributed by atoms with Crippen LogP contribution in [0.25, 0.3) is 22.6 Å². The summed E-state index contributed by atoms with van der Waals surface area (Å²) in [5.41, 5.74) is 2.25. The summed E-state index contributed by atoms with van der Waals surface area (Å²) in [6, 6.07) is 5.70. The highest BCUT2D eigenvalue weighted by molar-refractivity contribution is 7.14. The van der Waals surface area contributed by atoms with Crippen LogP contribution in [0.15, 0.2) is 34.2 Å². The number of thiazole rings is 1. The van der Waals surface area contributed by atoms with E-state index in [-0.39, 0.29) is 30.2 Å². The Balaban J connectivity index is 1.25. The molecule has 2 saturated heterocycles. The number of carbonyl (C=O) groups is 3. The lowest BCUT2D eigenvalue weighted by Crippen LogP contribution is -2.40. The molecule has 1 saturated carbocycles. The summed E-state index contributed by atoms with van der Waals surface area (Å²) in [5, 5.41) is 12.1. The number of hydrogen-bond acceptors (Lipinski definition) is 8. The molecule has 1 atom stereocenters. The molecule has 6 rings (SSSR count). The first-order valence-corrected chi connectivity index (χ1v) is 15.2. The molecule has 5 heterocycles. The molecule has 0 radical (unpaired) electrons. The van der Waals surface area contributed by atoms with Gasteiger partial charge in [0.05, 0.1) is 12.1 Å². The maximum atomic E-state index is 13.9. The van der Waals surface area contributed by atoms with Crippen LogP contribution in [0.3, 0.4) is 0 Å². The number of carboxylic acids is 1. The maximum absolute atomic E-state index is 13.9. The number of anilines is 2. The smallest absolute Gasteiger partial charge is 0.304 e. The number of nitrogens with zero attached hydrogens (tertiary/aromatic N) is 4. The van der Waals surface area contributed by atoms with Crippen molar-refractivity contribution >= 4 is 40.1 Å². The summed E-state index contributed by atoms with van der Waals surface area (Å²) in [7, 11) is 0. The van der Waals surface area contributed by atoms with Gasteiger partial charge in [-0.15, -0.1) is 11.3 Å². The number of carbonyl (C=O) groups excluding carboxylic acids is 2. The molecule has 1 N–H and O–H groups in total. The fourth-order valence-corrected chi connectivity index (χ4v) is 6.71. The Labute approximate surface area is 242 Å². The highest BCUT2D eigenvalue weighted by atomic mass is 32.1. The minimum absolute atomic E-state index is 0.0445. The van der Waals surface area contributed by atoms with Gasteiger partial charge < -0.3 is 14.3 Å². The van der Waals surface area contributed by atoms with Gasteiger partial charge in [-0.25, -0.2) is 9.97 Å². The molecule has 3 aliphatic rings. The number of furan rings is 1. The third-order valence-corrected chi connectivity index (χ3v) is 8.91. The van der Waals surface area contributed by atoms with Gasteiger partial charge in [0.25, 0.3) is 0 Å². The number of ether oxygens (including phenoxy) is 1. The Morgan fingerprint density at radius 2 is 2.02 bits per heavy atom. The van der Waals surface area contributed by atoms with Gasteiger partial charge in [-0.1, -0.05) is 0 Å². The zero-order chi connectivity index (χ0) is 28.5. The Kier molecular flexibility index (Phi) is 7.90.